The Labute approximate surface area is 138 Å². The molecular weight excluding hydrogens is 348 g/mol. The minimum Gasteiger partial charge on any atom is -0.315 e. The molecule has 0 radical (unpaired) electrons. The van der Waals surface area contributed by atoms with Gasteiger partial charge in [-0.1, -0.05) is 11.6 Å². The minimum atomic E-state index is -3.46. The first-order valence-electron chi connectivity index (χ1n) is 6.29. The number of rotatable bonds is 6. The average molecular weight is 365 g/mol. The van der Waals surface area contributed by atoms with Crippen LogP contribution in [0.5, 0.6) is 0 Å². The van der Waals surface area contributed by atoms with E-state index in [2.05, 4.69) is 5.32 Å². The summed E-state index contributed by atoms with van der Waals surface area (Å²) < 4.78 is 27.6. The molecule has 116 valence electrons. The quantitative estimate of drug-likeness (QED) is 0.855. The first-order valence-corrected chi connectivity index (χ1v) is 9.74. The van der Waals surface area contributed by atoms with Gasteiger partial charge in [-0.15, -0.1) is 22.7 Å². The molecule has 21 heavy (non-hydrogen) atoms. The summed E-state index contributed by atoms with van der Waals surface area (Å²) in [4.78, 5) is 1.97. The molecule has 0 fully saturated rings. The van der Waals surface area contributed by atoms with Crippen LogP contribution in [0.1, 0.15) is 15.3 Å². The third kappa shape index (κ3) is 3.85. The fourth-order valence-corrected chi connectivity index (χ4v) is 6.03. The highest BCUT2D eigenvalue weighted by molar-refractivity contribution is 7.91. The Bertz CT molecular complexity index is 722. The summed E-state index contributed by atoms with van der Waals surface area (Å²) in [6.07, 6.45) is 0. The summed E-state index contributed by atoms with van der Waals surface area (Å²) >= 11 is 8.60. The van der Waals surface area contributed by atoms with Gasteiger partial charge in [0.25, 0.3) is 10.0 Å². The van der Waals surface area contributed by atoms with Crippen molar-refractivity contribution in [1.82, 2.24) is 9.62 Å². The van der Waals surface area contributed by atoms with E-state index < -0.39 is 10.0 Å². The maximum atomic E-state index is 12.6. The monoisotopic (exact) mass is 364 g/mol. The van der Waals surface area contributed by atoms with Gasteiger partial charge in [-0.2, -0.15) is 4.31 Å². The van der Waals surface area contributed by atoms with E-state index in [1.807, 2.05) is 20.0 Å². The Balaban J connectivity index is 2.22. The molecule has 0 bridgehead atoms. The van der Waals surface area contributed by atoms with E-state index in [0.717, 1.165) is 15.3 Å². The van der Waals surface area contributed by atoms with Crippen LogP contribution in [0, 0.1) is 6.92 Å². The van der Waals surface area contributed by atoms with Crippen LogP contribution < -0.4 is 5.32 Å². The van der Waals surface area contributed by atoms with Crippen LogP contribution in [0.15, 0.2) is 22.4 Å². The van der Waals surface area contributed by atoms with Crippen LogP contribution in [0.2, 0.25) is 4.34 Å². The Kier molecular flexibility index (Phi) is 5.45. The van der Waals surface area contributed by atoms with Gasteiger partial charge in [0.2, 0.25) is 0 Å². The summed E-state index contributed by atoms with van der Waals surface area (Å²) in [5.41, 5.74) is 1.00. The fourth-order valence-electron chi connectivity index (χ4n) is 1.85. The number of hydrogen-bond donors (Lipinski definition) is 1. The summed E-state index contributed by atoms with van der Waals surface area (Å²) in [6.45, 7) is 2.94. The van der Waals surface area contributed by atoms with Crippen LogP contribution >= 0.6 is 34.3 Å². The highest BCUT2D eigenvalue weighted by Crippen LogP contribution is 2.30. The van der Waals surface area contributed by atoms with Crippen molar-refractivity contribution in [3.05, 3.63) is 37.9 Å². The van der Waals surface area contributed by atoms with Gasteiger partial charge >= 0.3 is 0 Å². The van der Waals surface area contributed by atoms with Gasteiger partial charge in [-0.25, -0.2) is 8.42 Å². The lowest BCUT2D eigenvalue weighted by Crippen LogP contribution is -2.25. The number of hydrogen-bond acceptors (Lipinski definition) is 5. The highest BCUT2D eigenvalue weighted by atomic mass is 35.5. The van der Waals surface area contributed by atoms with Crippen LogP contribution in [-0.4, -0.2) is 26.8 Å². The van der Waals surface area contributed by atoms with Crippen LogP contribution in [0.4, 0.5) is 0 Å². The second kappa shape index (κ2) is 6.76. The predicted molar refractivity (Wildman–Crippen MR) is 89.8 cm³/mol. The molecule has 0 aliphatic carbocycles. The van der Waals surface area contributed by atoms with Crippen molar-refractivity contribution < 1.29 is 8.42 Å². The smallest absolute Gasteiger partial charge is 0.252 e. The van der Waals surface area contributed by atoms with Gasteiger partial charge in [-0.3, -0.25) is 0 Å². The molecule has 0 spiro atoms. The van der Waals surface area contributed by atoms with Gasteiger partial charge in [0, 0.05) is 29.9 Å². The third-order valence-electron chi connectivity index (χ3n) is 3.01. The Morgan fingerprint density at radius 2 is 2.05 bits per heavy atom. The van der Waals surface area contributed by atoms with Crippen molar-refractivity contribution in [2.75, 3.05) is 14.1 Å². The maximum absolute atomic E-state index is 12.6. The van der Waals surface area contributed by atoms with Crippen molar-refractivity contribution in [2.24, 2.45) is 0 Å². The molecule has 0 atom stereocenters. The summed E-state index contributed by atoms with van der Waals surface area (Å²) in [5, 5.41) is 3.05. The lowest BCUT2D eigenvalue weighted by atomic mass is 10.3. The first-order chi connectivity index (χ1) is 9.84. The molecule has 0 saturated heterocycles. The first kappa shape index (κ1) is 16.9. The SMILES string of the molecule is CNCc1sc(S(=O)(=O)N(C)Cc2ccc(Cl)s2)cc1C. The van der Waals surface area contributed by atoms with Crippen LogP contribution in [0.3, 0.4) is 0 Å². The number of halogens is 1. The van der Waals surface area contributed by atoms with E-state index in [1.165, 1.54) is 27.0 Å². The zero-order valence-corrected chi connectivity index (χ0v) is 15.2. The molecule has 2 aromatic heterocycles. The van der Waals surface area contributed by atoms with Crippen LogP contribution in [-0.2, 0) is 23.1 Å². The summed E-state index contributed by atoms with van der Waals surface area (Å²) in [7, 11) is -0.0200. The Morgan fingerprint density at radius 1 is 1.33 bits per heavy atom. The maximum Gasteiger partial charge on any atom is 0.252 e. The van der Waals surface area contributed by atoms with Gasteiger partial charge in [0.15, 0.2) is 0 Å². The molecular formula is C13H17ClN2O2S3. The Morgan fingerprint density at radius 3 is 2.62 bits per heavy atom. The van der Waals surface area contributed by atoms with Crippen molar-refractivity contribution in [3.63, 3.8) is 0 Å². The average Bonchev–Trinajstić information content (AvgIpc) is 2.97. The lowest BCUT2D eigenvalue weighted by Gasteiger charge is -2.14. The molecule has 0 aromatic carbocycles. The predicted octanol–water partition coefficient (Wildman–Crippen LogP) is 3.31. The molecule has 0 amide bonds. The molecule has 8 heteroatoms. The van der Waals surface area contributed by atoms with Gasteiger partial charge in [0.1, 0.15) is 4.21 Å². The third-order valence-corrected chi connectivity index (χ3v) is 7.71. The number of thiophene rings is 2. The van der Waals surface area contributed by atoms with E-state index in [4.69, 9.17) is 11.6 Å². The molecule has 4 nitrogen and oxygen atoms in total. The number of aryl methyl sites for hydroxylation is 1. The highest BCUT2D eigenvalue weighted by Gasteiger charge is 2.24. The minimum absolute atomic E-state index is 0.331. The molecule has 0 aliphatic heterocycles. The molecule has 0 unspecified atom stereocenters. The van der Waals surface area contributed by atoms with E-state index in [9.17, 15) is 8.42 Å². The molecule has 0 aliphatic rings. The number of sulfonamides is 1. The van der Waals surface area contributed by atoms with E-state index in [0.29, 0.717) is 21.6 Å². The van der Waals surface area contributed by atoms with Crippen molar-refractivity contribution >= 4 is 44.3 Å². The summed E-state index contributed by atoms with van der Waals surface area (Å²) in [5.74, 6) is 0. The second-order valence-corrected chi connectivity index (χ2v) is 9.88. The number of nitrogens with one attached hydrogen (secondary N) is 1. The molecule has 0 saturated carbocycles. The van der Waals surface area contributed by atoms with E-state index in [1.54, 1.807) is 19.2 Å². The lowest BCUT2D eigenvalue weighted by molar-refractivity contribution is 0.471. The van der Waals surface area contributed by atoms with Gasteiger partial charge in [0.05, 0.1) is 4.34 Å². The summed E-state index contributed by atoms with van der Waals surface area (Å²) in [6, 6.07) is 5.37. The van der Waals surface area contributed by atoms with Crippen LogP contribution in [0.25, 0.3) is 0 Å². The zero-order valence-electron chi connectivity index (χ0n) is 12.0. The molecule has 2 rings (SSSR count). The van der Waals surface area contributed by atoms with Crippen molar-refractivity contribution in [3.8, 4) is 0 Å². The number of nitrogens with zero attached hydrogens (tertiary/aromatic N) is 1. The normalized spacial score (nSPS) is 12.2. The molecule has 2 aromatic rings. The fraction of sp³-hybridized carbons (Fsp3) is 0.385. The van der Waals surface area contributed by atoms with Crippen molar-refractivity contribution in [2.45, 2.75) is 24.2 Å². The standard InChI is InChI=1S/C13H17ClN2O2S3/c1-9-6-13(20-11(9)7-15-2)21(17,18)16(3)8-10-4-5-12(14)19-10/h4-6,15H,7-8H2,1-3H3. The van der Waals surface area contributed by atoms with Gasteiger partial charge < -0.3 is 5.32 Å². The molecule has 2 heterocycles. The van der Waals surface area contributed by atoms with Gasteiger partial charge in [-0.05, 0) is 37.7 Å². The van der Waals surface area contributed by atoms with E-state index in [-0.39, 0.29) is 0 Å². The van der Waals surface area contributed by atoms with E-state index >= 15 is 0 Å². The molecule has 1 N–H and O–H groups in total. The largest absolute Gasteiger partial charge is 0.315 e. The Hall–Kier alpha value is -0.440. The second-order valence-electron chi connectivity index (χ2n) is 4.67. The zero-order chi connectivity index (χ0) is 15.6. The van der Waals surface area contributed by atoms with Crippen molar-refractivity contribution in [1.29, 1.82) is 0 Å². The topological polar surface area (TPSA) is 49.4 Å².